The minimum absolute atomic E-state index is 0.0562. The van der Waals surface area contributed by atoms with E-state index >= 15 is 0 Å². The van der Waals surface area contributed by atoms with E-state index in [-0.39, 0.29) is 5.91 Å². The zero-order valence-corrected chi connectivity index (χ0v) is 16.3. The Morgan fingerprint density at radius 2 is 1.74 bits per heavy atom. The highest BCUT2D eigenvalue weighted by molar-refractivity contribution is 5.86. The maximum Gasteiger partial charge on any atom is 0.224 e. The summed E-state index contributed by atoms with van der Waals surface area (Å²) >= 11 is 0. The first-order valence-corrected chi connectivity index (χ1v) is 9.44. The average molecular weight is 361 g/mol. The number of anilines is 1. The number of nitrogens with one attached hydrogen (secondary N) is 1. The molecular weight excluding hydrogens is 334 g/mol. The van der Waals surface area contributed by atoms with Crippen molar-refractivity contribution in [1.82, 2.24) is 10.3 Å². The van der Waals surface area contributed by atoms with Crippen molar-refractivity contribution in [3.8, 4) is 0 Å². The van der Waals surface area contributed by atoms with Gasteiger partial charge in [-0.05, 0) is 49.6 Å². The van der Waals surface area contributed by atoms with Crippen molar-refractivity contribution in [2.45, 2.75) is 26.7 Å². The lowest BCUT2D eigenvalue weighted by atomic mass is 9.99. The van der Waals surface area contributed by atoms with Crippen molar-refractivity contribution in [3.05, 3.63) is 71.4 Å². The summed E-state index contributed by atoms with van der Waals surface area (Å²) < 4.78 is 0. The molecule has 0 saturated heterocycles. The molecule has 0 fully saturated rings. The number of carbonyl (C=O) groups is 1. The Balaban J connectivity index is 1.53. The van der Waals surface area contributed by atoms with E-state index < -0.39 is 0 Å². The summed E-state index contributed by atoms with van der Waals surface area (Å²) in [5.74, 6) is 0.0562. The molecule has 27 heavy (non-hydrogen) atoms. The fourth-order valence-electron chi connectivity index (χ4n) is 3.41. The number of carbonyl (C=O) groups excluding carboxylic acids is 1. The number of aryl methyl sites for hydroxylation is 2. The summed E-state index contributed by atoms with van der Waals surface area (Å²) in [6.07, 6.45) is 1.29. The number of para-hydroxylation sites is 2. The second-order valence-electron chi connectivity index (χ2n) is 6.96. The van der Waals surface area contributed by atoms with Crippen molar-refractivity contribution < 1.29 is 4.79 Å². The summed E-state index contributed by atoms with van der Waals surface area (Å²) in [6, 6.07) is 18.4. The standard InChI is InChI=1S/C23H27N3O/c1-17-20-12-7-8-13-22(20)25-18(2)21(17)16-23(27)24-14-9-15-26(3)19-10-5-4-6-11-19/h4-8,10-13H,9,14-16H2,1-3H3,(H,24,27). The molecule has 3 aromatic rings. The molecule has 1 heterocycles. The molecule has 0 aliphatic carbocycles. The maximum absolute atomic E-state index is 12.4. The minimum Gasteiger partial charge on any atom is -0.375 e. The first kappa shape index (κ1) is 18.9. The highest BCUT2D eigenvalue weighted by Gasteiger charge is 2.12. The van der Waals surface area contributed by atoms with Crippen LogP contribution in [0.2, 0.25) is 0 Å². The number of nitrogens with zero attached hydrogens (tertiary/aromatic N) is 2. The van der Waals surface area contributed by atoms with Gasteiger partial charge in [0.25, 0.3) is 0 Å². The van der Waals surface area contributed by atoms with E-state index in [1.165, 1.54) is 5.69 Å². The van der Waals surface area contributed by atoms with E-state index in [0.29, 0.717) is 13.0 Å². The Morgan fingerprint density at radius 1 is 1.04 bits per heavy atom. The largest absolute Gasteiger partial charge is 0.375 e. The predicted molar refractivity (Wildman–Crippen MR) is 112 cm³/mol. The van der Waals surface area contributed by atoms with Crippen LogP contribution in [0.4, 0.5) is 5.69 Å². The molecule has 140 valence electrons. The van der Waals surface area contributed by atoms with Crippen LogP contribution in [-0.4, -0.2) is 31.0 Å². The molecule has 0 atom stereocenters. The third-order valence-corrected chi connectivity index (χ3v) is 5.01. The number of hydrogen-bond donors (Lipinski definition) is 1. The van der Waals surface area contributed by atoms with Crippen molar-refractivity contribution in [3.63, 3.8) is 0 Å². The van der Waals surface area contributed by atoms with Crippen LogP contribution in [0.3, 0.4) is 0 Å². The molecule has 0 aliphatic rings. The van der Waals surface area contributed by atoms with Crippen LogP contribution in [-0.2, 0) is 11.2 Å². The molecule has 0 aliphatic heterocycles. The second kappa shape index (κ2) is 8.67. The summed E-state index contributed by atoms with van der Waals surface area (Å²) in [4.78, 5) is 19.3. The molecule has 0 saturated carbocycles. The normalized spacial score (nSPS) is 10.8. The van der Waals surface area contributed by atoms with Gasteiger partial charge in [-0.3, -0.25) is 9.78 Å². The molecule has 1 aromatic heterocycles. The van der Waals surface area contributed by atoms with E-state index in [1.54, 1.807) is 0 Å². The number of hydrogen-bond acceptors (Lipinski definition) is 3. The van der Waals surface area contributed by atoms with Crippen LogP contribution >= 0.6 is 0 Å². The molecule has 1 amide bonds. The number of aromatic nitrogens is 1. The summed E-state index contributed by atoms with van der Waals surface area (Å²) in [5.41, 5.74) is 5.30. The number of benzene rings is 2. The number of pyridine rings is 1. The van der Waals surface area contributed by atoms with Gasteiger partial charge in [0.2, 0.25) is 5.91 Å². The Morgan fingerprint density at radius 3 is 2.52 bits per heavy atom. The monoisotopic (exact) mass is 361 g/mol. The fraction of sp³-hybridized carbons (Fsp3) is 0.304. The van der Waals surface area contributed by atoms with Crippen molar-refractivity contribution in [2.75, 3.05) is 25.0 Å². The van der Waals surface area contributed by atoms with Crippen molar-refractivity contribution in [2.24, 2.45) is 0 Å². The van der Waals surface area contributed by atoms with Crippen LogP contribution in [0.5, 0.6) is 0 Å². The van der Waals surface area contributed by atoms with E-state index in [9.17, 15) is 4.79 Å². The van der Waals surface area contributed by atoms with Gasteiger partial charge in [0.1, 0.15) is 0 Å². The lowest BCUT2D eigenvalue weighted by molar-refractivity contribution is -0.120. The maximum atomic E-state index is 12.4. The minimum atomic E-state index is 0.0562. The Hall–Kier alpha value is -2.88. The van der Waals surface area contributed by atoms with Crippen LogP contribution in [0, 0.1) is 13.8 Å². The molecule has 2 aromatic carbocycles. The van der Waals surface area contributed by atoms with Gasteiger partial charge in [0, 0.05) is 36.9 Å². The zero-order valence-electron chi connectivity index (χ0n) is 16.3. The van der Waals surface area contributed by atoms with Gasteiger partial charge in [-0.1, -0.05) is 36.4 Å². The van der Waals surface area contributed by atoms with Crippen LogP contribution in [0.25, 0.3) is 10.9 Å². The highest BCUT2D eigenvalue weighted by Crippen LogP contribution is 2.22. The lowest BCUT2D eigenvalue weighted by Crippen LogP contribution is -2.29. The lowest BCUT2D eigenvalue weighted by Gasteiger charge is -2.19. The topological polar surface area (TPSA) is 45.2 Å². The number of fused-ring (bicyclic) bond motifs is 1. The quantitative estimate of drug-likeness (QED) is 0.646. The Labute approximate surface area is 161 Å². The third-order valence-electron chi connectivity index (χ3n) is 5.01. The molecule has 0 unspecified atom stereocenters. The summed E-state index contributed by atoms with van der Waals surface area (Å²) in [7, 11) is 2.07. The molecule has 0 radical (unpaired) electrons. The highest BCUT2D eigenvalue weighted by atomic mass is 16.1. The van der Waals surface area contributed by atoms with E-state index in [4.69, 9.17) is 0 Å². The molecular formula is C23H27N3O. The predicted octanol–water partition coefficient (Wildman–Crippen LogP) is 4.04. The van der Waals surface area contributed by atoms with Gasteiger partial charge >= 0.3 is 0 Å². The SMILES string of the molecule is Cc1nc2ccccc2c(C)c1CC(=O)NCCCN(C)c1ccccc1. The zero-order chi connectivity index (χ0) is 19.2. The molecule has 4 nitrogen and oxygen atoms in total. The van der Waals surface area contributed by atoms with Gasteiger partial charge in [0.05, 0.1) is 11.9 Å². The van der Waals surface area contributed by atoms with Crippen molar-refractivity contribution >= 4 is 22.5 Å². The molecule has 1 N–H and O–H groups in total. The molecule has 4 heteroatoms. The third kappa shape index (κ3) is 4.64. The Kier molecular flexibility index (Phi) is 6.07. The summed E-state index contributed by atoms with van der Waals surface area (Å²) in [5, 5.41) is 4.17. The summed E-state index contributed by atoms with van der Waals surface area (Å²) in [6.45, 7) is 5.64. The van der Waals surface area contributed by atoms with Crippen LogP contribution in [0.1, 0.15) is 23.2 Å². The van der Waals surface area contributed by atoms with Gasteiger partial charge < -0.3 is 10.2 Å². The van der Waals surface area contributed by atoms with Gasteiger partial charge in [-0.2, -0.15) is 0 Å². The Bertz CT molecular complexity index is 922. The van der Waals surface area contributed by atoms with Crippen LogP contribution < -0.4 is 10.2 Å². The molecule has 0 spiro atoms. The average Bonchev–Trinajstić information content (AvgIpc) is 2.69. The molecule has 3 rings (SSSR count). The van der Waals surface area contributed by atoms with Gasteiger partial charge in [-0.15, -0.1) is 0 Å². The van der Waals surface area contributed by atoms with Gasteiger partial charge in [-0.25, -0.2) is 0 Å². The van der Waals surface area contributed by atoms with E-state index in [1.807, 2.05) is 43.3 Å². The fourth-order valence-corrected chi connectivity index (χ4v) is 3.41. The van der Waals surface area contributed by atoms with E-state index in [2.05, 4.69) is 47.4 Å². The number of rotatable bonds is 7. The van der Waals surface area contributed by atoms with E-state index in [0.717, 1.165) is 40.7 Å². The van der Waals surface area contributed by atoms with Gasteiger partial charge in [0.15, 0.2) is 0 Å². The second-order valence-corrected chi connectivity index (χ2v) is 6.96. The smallest absolute Gasteiger partial charge is 0.224 e. The first-order chi connectivity index (χ1) is 13.1. The first-order valence-electron chi connectivity index (χ1n) is 9.44. The number of amides is 1. The molecule has 0 bridgehead atoms. The van der Waals surface area contributed by atoms with Crippen LogP contribution in [0.15, 0.2) is 54.6 Å². The van der Waals surface area contributed by atoms with Crippen molar-refractivity contribution in [1.29, 1.82) is 0 Å².